The van der Waals surface area contributed by atoms with Gasteiger partial charge in [-0.2, -0.15) is 0 Å². The van der Waals surface area contributed by atoms with Gasteiger partial charge in [-0.25, -0.2) is 4.98 Å². The van der Waals surface area contributed by atoms with Crippen LogP contribution in [-0.4, -0.2) is 40.6 Å². The fourth-order valence-corrected chi connectivity index (χ4v) is 4.35. The summed E-state index contributed by atoms with van der Waals surface area (Å²) < 4.78 is 7.95. The second kappa shape index (κ2) is 5.11. The van der Waals surface area contributed by atoms with Gasteiger partial charge in [-0.05, 0) is 43.7 Å². The van der Waals surface area contributed by atoms with Crippen LogP contribution in [0, 0.1) is 18.8 Å². The molecule has 1 saturated carbocycles. The van der Waals surface area contributed by atoms with Gasteiger partial charge in [0.2, 0.25) is 0 Å². The summed E-state index contributed by atoms with van der Waals surface area (Å²) in [5, 5.41) is 0. The number of likely N-dealkylation sites (tertiary alicyclic amines) is 1. The molecule has 21 heavy (non-hydrogen) atoms. The van der Waals surface area contributed by atoms with Crippen LogP contribution in [0.25, 0.3) is 5.65 Å². The molecule has 0 spiro atoms. The lowest BCUT2D eigenvalue weighted by Crippen LogP contribution is -2.45. The third-order valence-electron chi connectivity index (χ3n) is 5.30. The largest absolute Gasteiger partial charge is 0.381 e. The number of hydrogen-bond acceptors (Lipinski definition) is 3. The first-order valence-electron chi connectivity index (χ1n) is 7.94. The topological polar surface area (TPSA) is 29.8 Å². The number of piperidine rings is 1. The number of methoxy groups -OCH3 is 1. The molecule has 3 atom stereocenters. The molecule has 4 heteroatoms. The number of ether oxygens (including phenoxy) is 1. The smallest absolute Gasteiger partial charge is 0.137 e. The van der Waals surface area contributed by atoms with Crippen LogP contribution >= 0.6 is 0 Å². The van der Waals surface area contributed by atoms with Crippen molar-refractivity contribution in [2.45, 2.75) is 32.4 Å². The van der Waals surface area contributed by atoms with E-state index in [-0.39, 0.29) is 0 Å². The minimum atomic E-state index is 0.490. The molecule has 2 aromatic rings. The highest BCUT2D eigenvalue weighted by molar-refractivity contribution is 5.42. The van der Waals surface area contributed by atoms with Crippen molar-refractivity contribution in [3.63, 3.8) is 0 Å². The van der Waals surface area contributed by atoms with Crippen LogP contribution in [0.2, 0.25) is 0 Å². The highest BCUT2D eigenvalue weighted by Gasteiger charge is 2.42. The summed E-state index contributed by atoms with van der Waals surface area (Å²) in [4.78, 5) is 7.27. The van der Waals surface area contributed by atoms with Gasteiger partial charge in [-0.15, -0.1) is 0 Å². The van der Waals surface area contributed by atoms with E-state index in [2.05, 4.69) is 45.6 Å². The Balaban J connectivity index is 1.58. The van der Waals surface area contributed by atoms with Crippen molar-refractivity contribution >= 4 is 5.65 Å². The SMILES string of the molecule is COC1[C@@H]2CC[C@H]1CN(Cc1c(C)nc3ccccn13)C2. The minimum absolute atomic E-state index is 0.490. The van der Waals surface area contributed by atoms with E-state index in [1.807, 2.05) is 7.11 Å². The van der Waals surface area contributed by atoms with Crippen LogP contribution in [-0.2, 0) is 11.3 Å². The Bertz CT molecular complexity index is 637. The number of aromatic nitrogens is 2. The number of pyridine rings is 1. The number of aryl methyl sites for hydroxylation is 1. The van der Waals surface area contributed by atoms with Crippen LogP contribution in [0.3, 0.4) is 0 Å². The maximum Gasteiger partial charge on any atom is 0.137 e. The lowest BCUT2D eigenvalue weighted by Gasteiger charge is -2.37. The third-order valence-corrected chi connectivity index (χ3v) is 5.30. The summed E-state index contributed by atoms with van der Waals surface area (Å²) in [6.45, 7) is 5.45. The fraction of sp³-hybridized carbons (Fsp3) is 0.588. The maximum atomic E-state index is 5.71. The molecule has 112 valence electrons. The monoisotopic (exact) mass is 285 g/mol. The van der Waals surface area contributed by atoms with Crippen molar-refractivity contribution in [3.05, 3.63) is 35.8 Å². The van der Waals surface area contributed by atoms with Crippen LogP contribution < -0.4 is 0 Å². The average molecular weight is 285 g/mol. The number of hydrogen-bond donors (Lipinski definition) is 0. The normalized spacial score (nSPS) is 29.3. The Morgan fingerprint density at radius 3 is 2.71 bits per heavy atom. The molecule has 4 nitrogen and oxygen atoms in total. The predicted molar refractivity (Wildman–Crippen MR) is 82.2 cm³/mol. The molecule has 1 aliphatic carbocycles. The zero-order chi connectivity index (χ0) is 14.4. The lowest BCUT2D eigenvalue weighted by atomic mass is 9.94. The van der Waals surface area contributed by atoms with E-state index < -0.39 is 0 Å². The summed E-state index contributed by atoms with van der Waals surface area (Å²) in [5.41, 5.74) is 3.54. The molecular weight excluding hydrogens is 262 g/mol. The van der Waals surface area contributed by atoms with Gasteiger partial charge in [0.25, 0.3) is 0 Å². The molecule has 2 aliphatic rings. The second-order valence-corrected chi connectivity index (χ2v) is 6.56. The van der Waals surface area contributed by atoms with Crippen LogP contribution in [0.4, 0.5) is 0 Å². The van der Waals surface area contributed by atoms with Crippen molar-refractivity contribution in [2.24, 2.45) is 11.8 Å². The first kappa shape index (κ1) is 13.3. The zero-order valence-electron chi connectivity index (χ0n) is 12.8. The minimum Gasteiger partial charge on any atom is -0.381 e. The number of rotatable bonds is 3. The summed E-state index contributed by atoms with van der Waals surface area (Å²) in [7, 11) is 1.88. The molecule has 0 radical (unpaired) electrons. The zero-order valence-corrected chi connectivity index (χ0v) is 12.8. The molecule has 3 heterocycles. The van der Waals surface area contributed by atoms with E-state index in [4.69, 9.17) is 4.74 Å². The molecule has 1 saturated heterocycles. The maximum absolute atomic E-state index is 5.71. The molecule has 1 aliphatic heterocycles. The number of nitrogens with zero attached hydrogens (tertiary/aromatic N) is 3. The van der Waals surface area contributed by atoms with Crippen molar-refractivity contribution in [2.75, 3.05) is 20.2 Å². The van der Waals surface area contributed by atoms with Crippen molar-refractivity contribution < 1.29 is 4.74 Å². The highest BCUT2D eigenvalue weighted by atomic mass is 16.5. The molecule has 2 fully saturated rings. The van der Waals surface area contributed by atoms with E-state index in [1.165, 1.54) is 18.5 Å². The van der Waals surface area contributed by atoms with Gasteiger partial charge in [0.05, 0.1) is 17.5 Å². The first-order chi connectivity index (χ1) is 10.3. The molecule has 0 aromatic carbocycles. The highest BCUT2D eigenvalue weighted by Crippen LogP contribution is 2.39. The van der Waals surface area contributed by atoms with Crippen molar-refractivity contribution in [1.29, 1.82) is 0 Å². The second-order valence-electron chi connectivity index (χ2n) is 6.56. The third kappa shape index (κ3) is 2.17. The summed E-state index contributed by atoms with van der Waals surface area (Å²) in [6, 6.07) is 6.21. The van der Waals surface area contributed by atoms with Crippen molar-refractivity contribution in [3.8, 4) is 0 Å². The molecule has 0 amide bonds. The standard InChI is InChI=1S/C17H23N3O/c1-12-15(20-8-4-3-5-16(20)18-12)11-19-9-13-6-7-14(10-19)17(13)21-2/h3-5,8,13-14,17H,6-7,9-11H2,1-2H3/t13-,14+,17?. The summed E-state index contributed by atoms with van der Waals surface area (Å²) in [5.74, 6) is 1.43. The Labute approximate surface area is 125 Å². The van der Waals surface area contributed by atoms with Crippen LogP contribution in [0.5, 0.6) is 0 Å². The van der Waals surface area contributed by atoms with E-state index in [9.17, 15) is 0 Å². The van der Waals surface area contributed by atoms with E-state index in [0.29, 0.717) is 17.9 Å². The molecule has 4 rings (SSSR count). The van der Waals surface area contributed by atoms with Gasteiger partial charge in [0.15, 0.2) is 0 Å². The Kier molecular flexibility index (Phi) is 3.23. The quantitative estimate of drug-likeness (QED) is 0.868. The van der Waals surface area contributed by atoms with Gasteiger partial charge >= 0.3 is 0 Å². The van der Waals surface area contributed by atoms with Crippen molar-refractivity contribution in [1.82, 2.24) is 14.3 Å². The van der Waals surface area contributed by atoms with Gasteiger partial charge in [0.1, 0.15) is 5.65 Å². The molecule has 1 unspecified atom stereocenters. The van der Waals surface area contributed by atoms with Gasteiger partial charge in [-0.3, -0.25) is 4.90 Å². The van der Waals surface area contributed by atoms with Gasteiger partial charge in [0, 0.05) is 32.9 Å². The van der Waals surface area contributed by atoms with Crippen LogP contribution in [0.15, 0.2) is 24.4 Å². The van der Waals surface area contributed by atoms with E-state index >= 15 is 0 Å². The Hall–Kier alpha value is -1.39. The van der Waals surface area contributed by atoms with Gasteiger partial charge in [-0.1, -0.05) is 6.07 Å². The molecule has 2 aromatic heterocycles. The number of imidazole rings is 1. The molecule has 0 N–H and O–H groups in total. The molecule has 2 bridgehead atoms. The van der Waals surface area contributed by atoms with Gasteiger partial charge < -0.3 is 9.14 Å². The summed E-state index contributed by atoms with van der Waals surface area (Å²) >= 11 is 0. The number of fused-ring (bicyclic) bond motifs is 3. The summed E-state index contributed by atoms with van der Waals surface area (Å²) in [6.07, 6.45) is 5.27. The average Bonchev–Trinajstić information content (AvgIpc) is 2.93. The van der Waals surface area contributed by atoms with Crippen LogP contribution in [0.1, 0.15) is 24.2 Å². The first-order valence-corrected chi connectivity index (χ1v) is 7.94. The Morgan fingerprint density at radius 2 is 2.00 bits per heavy atom. The fourth-order valence-electron chi connectivity index (χ4n) is 4.35. The van der Waals surface area contributed by atoms with E-state index in [0.717, 1.165) is 31.0 Å². The Morgan fingerprint density at radius 1 is 1.24 bits per heavy atom. The van der Waals surface area contributed by atoms with E-state index in [1.54, 1.807) is 0 Å². The molecular formula is C17H23N3O. The predicted octanol–water partition coefficient (Wildman–Crippen LogP) is 2.50. The lowest BCUT2D eigenvalue weighted by molar-refractivity contribution is -0.0183.